The fourth-order valence-corrected chi connectivity index (χ4v) is 5.19. The monoisotopic (exact) mass is 460 g/mol. The second-order valence-electron chi connectivity index (χ2n) is 8.33. The van der Waals surface area contributed by atoms with Gasteiger partial charge in [-0.05, 0) is 50.8 Å². The van der Waals surface area contributed by atoms with E-state index >= 15 is 0 Å². The minimum absolute atomic E-state index is 0.0607. The molecule has 3 heterocycles. The zero-order valence-electron chi connectivity index (χ0n) is 18.1. The van der Waals surface area contributed by atoms with E-state index in [9.17, 15) is 4.79 Å². The molecule has 0 bridgehead atoms. The highest BCUT2D eigenvalue weighted by atomic mass is 35.5. The zero-order valence-corrected chi connectivity index (χ0v) is 19.7. The van der Waals surface area contributed by atoms with E-state index in [0.717, 1.165) is 30.2 Å². The number of aromatic nitrogens is 2. The molecule has 0 N–H and O–H groups in total. The number of thioether (sulfide) groups is 1. The topological polar surface area (TPSA) is 58.6 Å². The molecule has 2 fully saturated rings. The highest BCUT2D eigenvalue weighted by Crippen LogP contribution is 2.26. The first-order valence-electron chi connectivity index (χ1n) is 10.9. The van der Waals surface area contributed by atoms with Crippen LogP contribution >= 0.6 is 23.4 Å². The lowest BCUT2D eigenvalue weighted by Crippen LogP contribution is -2.48. The second-order valence-corrected chi connectivity index (χ2v) is 9.66. The Morgan fingerprint density at radius 3 is 2.45 bits per heavy atom. The van der Waals surface area contributed by atoms with Crippen molar-refractivity contribution < 1.29 is 9.53 Å². The Kier molecular flexibility index (Phi) is 7.35. The number of hydrogen-bond acceptors (Lipinski definition) is 6. The van der Waals surface area contributed by atoms with Crippen molar-refractivity contribution in [3.8, 4) is 0 Å². The molecule has 4 rings (SSSR count). The molecule has 2 saturated heterocycles. The highest BCUT2D eigenvalue weighted by Gasteiger charge is 2.26. The molecule has 1 aromatic carbocycles. The average Bonchev–Trinajstić information content (AvgIpc) is 2.77. The van der Waals surface area contributed by atoms with Crippen molar-refractivity contribution in [1.82, 2.24) is 14.9 Å². The summed E-state index contributed by atoms with van der Waals surface area (Å²) < 4.78 is 5.73. The molecule has 2 aliphatic heterocycles. The maximum atomic E-state index is 12.8. The zero-order chi connectivity index (χ0) is 21.8. The first-order chi connectivity index (χ1) is 15.0. The summed E-state index contributed by atoms with van der Waals surface area (Å²) in [5.74, 6) is 1.70. The molecule has 1 amide bonds. The van der Waals surface area contributed by atoms with Crippen LogP contribution in [0.1, 0.15) is 49.0 Å². The maximum absolute atomic E-state index is 12.8. The van der Waals surface area contributed by atoms with Gasteiger partial charge in [-0.15, -0.1) is 0 Å². The molecular weight excluding hydrogens is 432 g/mol. The fraction of sp³-hybridized carbons (Fsp3) is 0.522. The van der Waals surface area contributed by atoms with Gasteiger partial charge in [0.2, 0.25) is 0 Å². The summed E-state index contributed by atoms with van der Waals surface area (Å²) in [6.07, 6.45) is 3.79. The maximum Gasteiger partial charge on any atom is 0.254 e. The lowest BCUT2D eigenvalue weighted by molar-refractivity contribution is -0.0586. The number of piperidine rings is 1. The van der Waals surface area contributed by atoms with Gasteiger partial charge in [0.05, 0.1) is 12.2 Å². The third kappa shape index (κ3) is 5.90. The standard InChI is InChI=1S/C23H29ClN4O2S/c1-16-13-28(14-17(2)30-16)22(29)19-8-6-18(7-9-19)15-31-23-25-20(24)12-21(26-23)27-10-4-3-5-11-27/h6-9,12,16-17H,3-5,10-11,13-15H2,1-2H3. The van der Waals surface area contributed by atoms with E-state index < -0.39 is 0 Å². The van der Waals surface area contributed by atoms with Crippen molar-refractivity contribution >= 4 is 35.1 Å². The number of anilines is 1. The Bertz CT molecular complexity index is 895. The number of halogens is 1. The van der Waals surface area contributed by atoms with Crippen LogP contribution in [0.25, 0.3) is 0 Å². The van der Waals surface area contributed by atoms with Crippen LogP contribution in [-0.2, 0) is 10.5 Å². The summed E-state index contributed by atoms with van der Waals surface area (Å²) in [5.41, 5.74) is 1.83. The number of carbonyl (C=O) groups excluding carboxylic acids is 1. The average molecular weight is 461 g/mol. The summed E-state index contributed by atoms with van der Waals surface area (Å²) in [4.78, 5) is 26.1. The largest absolute Gasteiger partial charge is 0.372 e. The number of ether oxygens (including phenoxy) is 1. The lowest BCUT2D eigenvalue weighted by atomic mass is 10.1. The smallest absolute Gasteiger partial charge is 0.254 e. The number of nitrogens with zero attached hydrogens (tertiary/aromatic N) is 4. The Hall–Kier alpha value is -1.83. The molecule has 8 heteroatoms. The summed E-state index contributed by atoms with van der Waals surface area (Å²) in [7, 11) is 0. The van der Waals surface area contributed by atoms with Crippen LogP contribution in [0, 0.1) is 0 Å². The van der Waals surface area contributed by atoms with E-state index in [0.29, 0.717) is 29.0 Å². The minimum atomic E-state index is 0.0607. The van der Waals surface area contributed by atoms with Gasteiger partial charge in [-0.2, -0.15) is 0 Å². The predicted molar refractivity (Wildman–Crippen MR) is 125 cm³/mol. The summed E-state index contributed by atoms with van der Waals surface area (Å²) in [6, 6.07) is 9.67. The SMILES string of the molecule is CC1CN(C(=O)c2ccc(CSc3nc(Cl)cc(N4CCCCC4)n3)cc2)CC(C)O1. The Labute approximate surface area is 193 Å². The molecule has 0 spiro atoms. The third-order valence-electron chi connectivity index (χ3n) is 5.62. The normalized spacial score (nSPS) is 21.9. The first-order valence-corrected chi connectivity index (χ1v) is 12.3. The molecule has 0 saturated carbocycles. The summed E-state index contributed by atoms with van der Waals surface area (Å²) >= 11 is 7.82. The highest BCUT2D eigenvalue weighted by molar-refractivity contribution is 7.98. The number of benzene rings is 1. The lowest BCUT2D eigenvalue weighted by Gasteiger charge is -2.35. The Morgan fingerprint density at radius 2 is 1.77 bits per heavy atom. The third-order valence-corrected chi connectivity index (χ3v) is 6.73. The van der Waals surface area contributed by atoms with E-state index in [-0.39, 0.29) is 18.1 Å². The number of amides is 1. The molecule has 31 heavy (non-hydrogen) atoms. The van der Waals surface area contributed by atoms with Crippen LogP contribution in [0.5, 0.6) is 0 Å². The Morgan fingerprint density at radius 1 is 1.10 bits per heavy atom. The van der Waals surface area contributed by atoms with Gasteiger partial charge in [0, 0.05) is 43.6 Å². The van der Waals surface area contributed by atoms with Gasteiger partial charge in [-0.25, -0.2) is 9.97 Å². The van der Waals surface area contributed by atoms with Crippen molar-refractivity contribution in [1.29, 1.82) is 0 Å². The van der Waals surface area contributed by atoms with E-state index in [1.165, 1.54) is 19.3 Å². The Balaban J connectivity index is 1.37. The molecule has 166 valence electrons. The number of hydrogen-bond donors (Lipinski definition) is 0. The minimum Gasteiger partial charge on any atom is -0.372 e. The molecule has 6 nitrogen and oxygen atoms in total. The van der Waals surface area contributed by atoms with Gasteiger partial charge in [-0.3, -0.25) is 4.79 Å². The van der Waals surface area contributed by atoms with Crippen molar-refractivity contribution in [2.75, 3.05) is 31.1 Å². The van der Waals surface area contributed by atoms with Crippen molar-refractivity contribution in [2.24, 2.45) is 0 Å². The van der Waals surface area contributed by atoms with Crippen molar-refractivity contribution in [3.05, 3.63) is 46.6 Å². The van der Waals surface area contributed by atoms with Crippen LogP contribution in [0.4, 0.5) is 5.82 Å². The second kappa shape index (κ2) is 10.2. The van der Waals surface area contributed by atoms with Crippen molar-refractivity contribution in [3.63, 3.8) is 0 Å². The number of rotatable bonds is 5. The molecule has 0 aliphatic carbocycles. The summed E-state index contributed by atoms with van der Waals surface area (Å²) in [6.45, 7) is 7.31. The van der Waals surface area contributed by atoms with Gasteiger partial charge in [0.1, 0.15) is 11.0 Å². The van der Waals surface area contributed by atoms with Crippen LogP contribution in [0.15, 0.2) is 35.5 Å². The van der Waals surface area contributed by atoms with Gasteiger partial charge in [-0.1, -0.05) is 35.5 Å². The molecule has 1 aromatic heterocycles. The van der Waals surface area contributed by atoms with E-state index in [4.69, 9.17) is 21.3 Å². The van der Waals surface area contributed by atoms with Crippen LogP contribution in [-0.4, -0.2) is 59.2 Å². The van der Waals surface area contributed by atoms with Crippen LogP contribution in [0.2, 0.25) is 5.15 Å². The molecule has 2 aromatic rings. The van der Waals surface area contributed by atoms with Gasteiger partial charge in [0.25, 0.3) is 5.91 Å². The van der Waals surface area contributed by atoms with E-state index in [2.05, 4.69) is 9.88 Å². The quantitative estimate of drug-likeness (QED) is 0.367. The van der Waals surface area contributed by atoms with Gasteiger partial charge >= 0.3 is 0 Å². The fourth-order valence-electron chi connectivity index (χ4n) is 4.15. The van der Waals surface area contributed by atoms with Gasteiger partial charge < -0.3 is 14.5 Å². The van der Waals surface area contributed by atoms with Crippen LogP contribution in [0.3, 0.4) is 0 Å². The molecule has 2 aliphatic rings. The number of carbonyl (C=O) groups is 1. The van der Waals surface area contributed by atoms with Crippen molar-refractivity contribution in [2.45, 2.75) is 56.2 Å². The van der Waals surface area contributed by atoms with E-state index in [1.807, 2.05) is 49.1 Å². The molecule has 0 radical (unpaired) electrons. The first kappa shape index (κ1) is 22.4. The summed E-state index contributed by atoms with van der Waals surface area (Å²) in [5, 5.41) is 1.16. The molecule has 2 atom stereocenters. The van der Waals surface area contributed by atoms with Gasteiger partial charge in [0.15, 0.2) is 5.16 Å². The van der Waals surface area contributed by atoms with E-state index in [1.54, 1.807) is 11.8 Å². The predicted octanol–water partition coefficient (Wildman–Crippen LogP) is 4.66. The van der Waals surface area contributed by atoms with Crippen LogP contribution < -0.4 is 4.90 Å². The molecular formula is C23H29ClN4O2S. The molecule has 2 unspecified atom stereocenters. The number of morpholine rings is 1.